The monoisotopic (exact) mass is 774 g/mol. The molecule has 4 fully saturated rings. The van der Waals surface area contributed by atoms with Gasteiger partial charge in [0.05, 0.1) is 32.0 Å². The number of hydrogen-bond acceptors (Lipinski definition) is 8. The maximum absolute atomic E-state index is 12.5. The Bertz CT molecular complexity index is 1790. The molecule has 2 bridgehead atoms. The normalized spacial score (nSPS) is 39.7. The summed E-state index contributed by atoms with van der Waals surface area (Å²) in [5, 5.41) is 19.1. The van der Waals surface area contributed by atoms with Crippen molar-refractivity contribution in [3.63, 3.8) is 0 Å². The third kappa shape index (κ3) is 6.03. The minimum absolute atomic E-state index is 0.0470. The molecule has 3 heterocycles. The van der Waals surface area contributed by atoms with E-state index in [-0.39, 0.29) is 56.1 Å². The van der Waals surface area contributed by atoms with Crippen LogP contribution in [0.4, 0.5) is 4.79 Å². The van der Waals surface area contributed by atoms with Crippen LogP contribution in [0, 0.1) is 56.2 Å². The quantitative estimate of drug-likeness (QED) is 0.180. The first-order chi connectivity index (χ1) is 26.2. The summed E-state index contributed by atoms with van der Waals surface area (Å²) in [6.45, 7) is 30.4. The molecule has 0 amide bonds. The SMILES string of the molecule is CCN[C@@](C)(CO[C@H]1[C@H](n2ncnc2-c2ccncc2)C[C@@]23COC[C@]1(C)[C@@H]2CC[C@H]1C3=CC[C@]2(C)[C@H](OC(=O)O)[C@@](C)([C@H](C)C(C)C)CC[C@]12C)C(C)(C)C. The number of likely N-dealkylation sites (N-methyl/N-ethyl adjacent to an activating group) is 1. The molecular formula is C46H71N5O5. The average Bonchev–Trinajstić information content (AvgIpc) is 3.63. The molecule has 10 heteroatoms. The molecule has 5 aliphatic rings. The van der Waals surface area contributed by atoms with Crippen molar-refractivity contribution in [3.05, 3.63) is 42.5 Å². The molecule has 4 aliphatic carbocycles. The Morgan fingerprint density at radius 2 is 1.77 bits per heavy atom. The summed E-state index contributed by atoms with van der Waals surface area (Å²) in [5.74, 6) is 2.19. The van der Waals surface area contributed by atoms with Crippen molar-refractivity contribution in [3.8, 4) is 11.4 Å². The number of ether oxygens (including phenoxy) is 3. The minimum Gasteiger partial charge on any atom is -0.450 e. The van der Waals surface area contributed by atoms with Crippen LogP contribution >= 0.6 is 0 Å². The van der Waals surface area contributed by atoms with E-state index >= 15 is 0 Å². The molecule has 10 nitrogen and oxygen atoms in total. The van der Waals surface area contributed by atoms with Crippen LogP contribution in [-0.2, 0) is 14.2 Å². The largest absolute Gasteiger partial charge is 0.506 e. The second kappa shape index (κ2) is 14.2. The molecule has 7 rings (SSSR count). The van der Waals surface area contributed by atoms with Crippen LogP contribution in [0.1, 0.15) is 128 Å². The fourth-order valence-electron chi connectivity index (χ4n) is 13.2. The average molecular weight is 774 g/mol. The number of aromatic nitrogens is 4. The highest BCUT2D eigenvalue weighted by molar-refractivity contribution is 5.57. The summed E-state index contributed by atoms with van der Waals surface area (Å²) in [7, 11) is 0. The fourth-order valence-corrected chi connectivity index (χ4v) is 13.2. The van der Waals surface area contributed by atoms with Crippen LogP contribution in [0.5, 0.6) is 0 Å². The number of rotatable bonds is 10. The van der Waals surface area contributed by atoms with Crippen LogP contribution in [0.15, 0.2) is 42.5 Å². The molecule has 3 saturated carbocycles. The number of carbonyl (C=O) groups is 1. The molecule has 2 N–H and O–H groups in total. The summed E-state index contributed by atoms with van der Waals surface area (Å²) < 4.78 is 22.6. The molecule has 310 valence electrons. The predicted molar refractivity (Wildman–Crippen MR) is 219 cm³/mol. The van der Waals surface area contributed by atoms with Gasteiger partial charge in [0, 0.05) is 45.2 Å². The summed E-state index contributed by atoms with van der Waals surface area (Å²) >= 11 is 0. The Hall–Kier alpha value is -2.82. The van der Waals surface area contributed by atoms with Gasteiger partial charge in [-0.05, 0) is 98.6 Å². The Labute approximate surface area is 336 Å². The number of pyridine rings is 1. The van der Waals surface area contributed by atoms with Crippen molar-refractivity contribution in [2.24, 2.45) is 56.2 Å². The third-order valence-electron chi connectivity index (χ3n) is 17.5. The summed E-state index contributed by atoms with van der Waals surface area (Å²) in [5.41, 5.74) is 0.902. The van der Waals surface area contributed by atoms with E-state index in [4.69, 9.17) is 24.3 Å². The zero-order valence-corrected chi connectivity index (χ0v) is 36.4. The zero-order chi connectivity index (χ0) is 40.7. The fraction of sp³-hybridized carbons (Fsp3) is 0.783. The first kappa shape index (κ1) is 41.3. The molecule has 1 aliphatic heterocycles. The zero-order valence-electron chi connectivity index (χ0n) is 36.4. The van der Waals surface area contributed by atoms with E-state index in [9.17, 15) is 9.90 Å². The van der Waals surface area contributed by atoms with Gasteiger partial charge in [-0.15, -0.1) is 0 Å². The first-order valence-corrected chi connectivity index (χ1v) is 21.6. The maximum Gasteiger partial charge on any atom is 0.506 e. The first-order valence-electron chi connectivity index (χ1n) is 21.6. The van der Waals surface area contributed by atoms with Gasteiger partial charge in [-0.2, -0.15) is 5.10 Å². The van der Waals surface area contributed by atoms with Gasteiger partial charge >= 0.3 is 6.16 Å². The predicted octanol–water partition coefficient (Wildman–Crippen LogP) is 9.63. The Morgan fingerprint density at radius 1 is 1.05 bits per heavy atom. The summed E-state index contributed by atoms with van der Waals surface area (Å²) in [4.78, 5) is 21.7. The second-order valence-corrected chi connectivity index (χ2v) is 21.2. The van der Waals surface area contributed by atoms with E-state index in [2.05, 4.69) is 104 Å². The van der Waals surface area contributed by atoms with Crippen molar-refractivity contribution >= 4 is 6.16 Å². The molecule has 0 unspecified atom stereocenters. The lowest BCUT2D eigenvalue weighted by atomic mass is 9.35. The van der Waals surface area contributed by atoms with Gasteiger partial charge in [0.1, 0.15) is 12.4 Å². The molecule has 1 saturated heterocycles. The topological polar surface area (TPSA) is 121 Å². The van der Waals surface area contributed by atoms with Gasteiger partial charge in [0.15, 0.2) is 5.82 Å². The van der Waals surface area contributed by atoms with Gasteiger partial charge in [-0.25, -0.2) is 14.5 Å². The highest BCUT2D eigenvalue weighted by atomic mass is 16.7. The molecule has 2 aromatic heterocycles. The van der Waals surface area contributed by atoms with Crippen LogP contribution in [-0.4, -0.2) is 75.1 Å². The van der Waals surface area contributed by atoms with E-state index in [0.29, 0.717) is 37.6 Å². The third-order valence-corrected chi connectivity index (χ3v) is 17.5. The minimum atomic E-state index is -1.16. The van der Waals surface area contributed by atoms with Crippen molar-refractivity contribution in [1.29, 1.82) is 0 Å². The number of fused-ring (bicyclic) bond motifs is 3. The molecule has 0 spiro atoms. The molecule has 56 heavy (non-hydrogen) atoms. The van der Waals surface area contributed by atoms with Gasteiger partial charge in [-0.1, -0.05) is 87.8 Å². The summed E-state index contributed by atoms with van der Waals surface area (Å²) in [6.07, 6.45) is 11.9. The molecule has 0 aromatic carbocycles. The van der Waals surface area contributed by atoms with Crippen molar-refractivity contribution in [2.75, 3.05) is 26.4 Å². The van der Waals surface area contributed by atoms with E-state index in [1.54, 1.807) is 6.33 Å². The van der Waals surface area contributed by atoms with E-state index < -0.39 is 12.3 Å². The van der Waals surface area contributed by atoms with Gasteiger partial charge in [0.2, 0.25) is 0 Å². The molecule has 2 aromatic rings. The molecule has 12 atom stereocenters. The number of hydrogen-bond donors (Lipinski definition) is 2. The van der Waals surface area contributed by atoms with Gasteiger partial charge < -0.3 is 24.6 Å². The van der Waals surface area contributed by atoms with Crippen molar-refractivity contribution < 1.29 is 24.1 Å². The van der Waals surface area contributed by atoms with E-state index in [1.807, 2.05) is 24.5 Å². The highest BCUT2D eigenvalue weighted by Crippen LogP contribution is 2.74. The van der Waals surface area contributed by atoms with E-state index in [0.717, 1.165) is 56.5 Å². The smallest absolute Gasteiger partial charge is 0.450 e. The molecular weight excluding hydrogens is 703 g/mol. The lowest BCUT2D eigenvalue weighted by Crippen LogP contribution is -2.70. The lowest BCUT2D eigenvalue weighted by molar-refractivity contribution is -0.257. The van der Waals surface area contributed by atoms with Crippen molar-refractivity contribution in [2.45, 2.75) is 145 Å². The van der Waals surface area contributed by atoms with Crippen LogP contribution in [0.25, 0.3) is 11.4 Å². The Kier molecular flexibility index (Phi) is 10.5. The lowest BCUT2D eigenvalue weighted by Gasteiger charge is -2.71. The summed E-state index contributed by atoms with van der Waals surface area (Å²) in [6, 6.07) is 3.94. The maximum atomic E-state index is 12.5. The Morgan fingerprint density at radius 3 is 2.41 bits per heavy atom. The van der Waals surface area contributed by atoms with Crippen molar-refractivity contribution in [1.82, 2.24) is 25.1 Å². The highest BCUT2D eigenvalue weighted by Gasteiger charge is 2.72. The standard InChI is InChI=1S/C46H71N5O5/c1-13-49-45(12,40(5,6)7)26-55-36-34(51-37(48-28-50-51)31-17-22-47-23-18-31)24-46-27-54-25-42(36,9)35(46)15-14-32-33(46)16-19-44(11)38(56-39(52)53)41(8,30(4)29(2)3)20-21-43(32,44)10/h16-18,22-23,28-30,32,34-36,38,49H,13-15,19-21,24-27H2,1-12H3,(H,52,53)/t30-,32+,34-,35+,36+,38-,41-,42-,43-,44-,45+,46+/m1/s1. The van der Waals surface area contributed by atoms with Gasteiger partial charge in [-0.3, -0.25) is 4.98 Å². The number of carboxylic acid groups (broad SMARTS) is 1. The van der Waals surface area contributed by atoms with Crippen LogP contribution < -0.4 is 5.32 Å². The van der Waals surface area contributed by atoms with Crippen LogP contribution in [0.3, 0.4) is 0 Å². The number of allylic oxidation sites excluding steroid dienone is 1. The second-order valence-electron chi connectivity index (χ2n) is 21.2. The molecule has 0 radical (unpaired) electrons. The number of nitrogens with zero attached hydrogens (tertiary/aromatic N) is 4. The van der Waals surface area contributed by atoms with E-state index in [1.165, 1.54) is 5.57 Å². The van der Waals surface area contributed by atoms with Crippen LogP contribution in [0.2, 0.25) is 0 Å². The Balaban J connectivity index is 1.35. The van der Waals surface area contributed by atoms with Gasteiger partial charge in [0.25, 0.3) is 0 Å². The number of nitrogens with one attached hydrogen (secondary N) is 1.